The lowest BCUT2D eigenvalue weighted by Crippen LogP contribution is -2.45. The molecule has 13 nitrogen and oxygen atoms in total. The highest BCUT2D eigenvalue weighted by Crippen LogP contribution is 2.52. The highest BCUT2D eigenvalue weighted by Gasteiger charge is 2.59. The summed E-state index contributed by atoms with van der Waals surface area (Å²) >= 11 is 0. The number of carbonyl (C=O) groups excluding carboxylic acids is 1. The van der Waals surface area contributed by atoms with E-state index in [1.165, 1.54) is 26.0 Å². The molecule has 2 unspecified atom stereocenters. The van der Waals surface area contributed by atoms with E-state index in [0.29, 0.717) is 4.68 Å². The van der Waals surface area contributed by atoms with Gasteiger partial charge < -0.3 is 24.8 Å². The summed E-state index contributed by atoms with van der Waals surface area (Å²) in [6.07, 6.45) is -6.25. The minimum Gasteiger partial charge on any atom is -0.461 e. The number of carbonyl (C=O) groups is 1. The molecule has 1 saturated heterocycles. The van der Waals surface area contributed by atoms with Crippen LogP contribution >= 0.6 is 7.82 Å². The van der Waals surface area contributed by atoms with Crippen molar-refractivity contribution in [1.29, 1.82) is 0 Å². The molecule has 2 aromatic rings. The van der Waals surface area contributed by atoms with Crippen LogP contribution in [0.25, 0.3) is 0 Å². The molecule has 0 radical (unpaired) electrons. The number of phosphoric ester groups is 1. The summed E-state index contributed by atoms with van der Waals surface area (Å²) in [7, 11) is -4.60. The topological polar surface area (TPSA) is 174 Å². The zero-order valence-corrected chi connectivity index (χ0v) is 21.9. The third-order valence-corrected chi connectivity index (χ3v) is 6.52. The average Bonchev–Trinajstić information content (AvgIpc) is 3.08. The number of alkyl halides is 1. The van der Waals surface area contributed by atoms with Crippen LogP contribution in [0.1, 0.15) is 33.9 Å². The zero-order chi connectivity index (χ0) is 28.1. The molecule has 206 valence electrons. The number of benzene rings is 1. The molecule has 3 rings (SSSR count). The number of hydrogen-bond acceptors (Lipinski definition) is 12. The van der Waals surface area contributed by atoms with Crippen molar-refractivity contribution in [3.8, 4) is 17.6 Å². The van der Waals surface area contributed by atoms with Crippen molar-refractivity contribution in [1.82, 2.24) is 14.8 Å². The van der Waals surface area contributed by atoms with Gasteiger partial charge in [0.25, 0.3) is 0 Å². The van der Waals surface area contributed by atoms with Gasteiger partial charge in [0, 0.05) is 0 Å². The van der Waals surface area contributed by atoms with Crippen LogP contribution in [0.2, 0.25) is 0 Å². The molecule has 1 aromatic carbocycles. The summed E-state index contributed by atoms with van der Waals surface area (Å²) < 4.78 is 56.7. The maximum Gasteiger partial charge on any atom is 0.530 e. The lowest BCUT2D eigenvalue weighted by atomic mass is 9.97. The molecule has 1 aliphatic rings. The average molecular weight is 554 g/mol. The van der Waals surface area contributed by atoms with Gasteiger partial charge in [0.05, 0.1) is 18.9 Å². The molecule has 38 heavy (non-hydrogen) atoms. The second kappa shape index (κ2) is 12.0. The van der Waals surface area contributed by atoms with Gasteiger partial charge in [-0.15, -0.1) is 5.92 Å². The molecule has 2 heterocycles. The van der Waals surface area contributed by atoms with Gasteiger partial charge in [0.2, 0.25) is 11.9 Å². The summed E-state index contributed by atoms with van der Waals surface area (Å²) in [6.45, 7) is 5.08. The van der Waals surface area contributed by atoms with Crippen LogP contribution in [0.15, 0.2) is 41.3 Å². The third kappa shape index (κ3) is 6.75. The summed E-state index contributed by atoms with van der Waals surface area (Å²) in [5.74, 6) is 3.57. The van der Waals surface area contributed by atoms with Gasteiger partial charge in [-0.05, 0) is 39.8 Å². The quantitative estimate of drug-likeness (QED) is 0.248. The molecular weight excluding hydrogens is 526 g/mol. The van der Waals surface area contributed by atoms with Gasteiger partial charge in [-0.3, -0.25) is 9.05 Å². The first kappa shape index (κ1) is 29.2. The van der Waals surface area contributed by atoms with Crippen molar-refractivity contribution < 1.29 is 41.9 Å². The summed E-state index contributed by atoms with van der Waals surface area (Å²) in [5, 5.41) is 14.5. The monoisotopic (exact) mass is 554 g/mol. The number of nitrogen functional groups attached to an aromatic ring is 1. The molecule has 0 saturated carbocycles. The number of anilines is 1. The van der Waals surface area contributed by atoms with Gasteiger partial charge in [-0.25, -0.2) is 18.5 Å². The molecule has 6 atom stereocenters. The van der Waals surface area contributed by atoms with Crippen LogP contribution in [0.4, 0.5) is 10.2 Å². The van der Waals surface area contributed by atoms with E-state index < -0.39 is 62.4 Å². The van der Waals surface area contributed by atoms with Crippen LogP contribution in [0.5, 0.6) is 5.75 Å². The summed E-state index contributed by atoms with van der Waals surface area (Å²) in [4.78, 5) is 28.0. The van der Waals surface area contributed by atoms with E-state index in [-0.39, 0.29) is 11.6 Å². The van der Waals surface area contributed by atoms with Gasteiger partial charge in [0.15, 0.2) is 6.10 Å². The van der Waals surface area contributed by atoms with E-state index in [2.05, 4.69) is 21.9 Å². The highest BCUT2D eigenvalue weighted by molar-refractivity contribution is 7.49. The molecule has 1 fully saturated rings. The maximum atomic E-state index is 15.9. The maximum absolute atomic E-state index is 15.9. The second-order valence-corrected chi connectivity index (χ2v) is 9.95. The number of nitrogens with two attached hydrogens (primary N) is 1. The van der Waals surface area contributed by atoms with Crippen molar-refractivity contribution >= 4 is 19.6 Å². The normalized spacial score (nSPS) is 25.2. The number of aliphatic hydroxyl groups is 1. The molecular formula is C23H28FN4O9P. The molecule has 0 amide bonds. The van der Waals surface area contributed by atoms with Gasteiger partial charge >= 0.3 is 19.5 Å². The molecule has 15 heteroatoms. The zero-order valence-electron chi connectivity index (χ0n) is 21.0. The molecule has 0 bridgehead atoms. The number of esters is 1. The lowest BCUT2D eigenvalue weighted by Gasteiger charge is -2.24. The van der Waals surface area contributed by atoms with Crippen molar-refractivity contribution in [3.63, 3.8) is 0 Å². The van der Waals surface area contributed by atoms with Crippen LogP contribution in [-0.2, 0) is 27.9 Å². The van der Waals surface area contributed by atoms with Crippen LogP contribution in [0, 0.1) is 11.8 Å². The third-order valence-electron chi connectivity index (χ3n) is 5.05. The fourth-order valence-corrected chi connectivity index (χ4v) is 4.73. The van der Waals surface area contributed by atoms with E-state index >= 15 is 4.39 Å². The van der Waals surface area contributed by atoms with E-state index in [0.717, 1.165) is 6.20 Å². The van der Waals surface area contributed by atoms with Gasteiger partial charge in [-0.2, -0.15) is 14.8 Å². The molecule has 1 aliphatic heterocycles. The Bertz CT molecular complexity index is 1300. The number of aromatic nitrogens is 3. The van der Waals surface area contributed by atoms with Crippen molar-refractivity contribution in [2.45, 2.75) is 64.0 Å². The number of hydrogen-bond donors (Lipinski definition) is 2. The van der Waals surface area contributed by atoms with Crippen molar-refractivity contribution in [2.24, 2.45) is 0 Å². The Hall–Kier alpha value is -3.34. The lowest BCUT2D eigenvalue weighted by molar-refractivity contribution is -0.156. The van der Waals surface area contributed by atoms with E-state index in [1.54, 1.807) is 32.0 Å². The number of phosphoric acid groups is 1. The highest BCUT2D eigenvalue weighted by atomic mass is 31.2. The fraction of sp³-hybridized carbons (Fsp3) is 0.478. The van der Waals surface area contributed by atoms with E-state index in [4.69, 9.17) is 28.8 Å². The fourth-order valence-electron chi connectivity index (χ4n) is 3.39. The Morgan fingerprint density at radius 1 is 1.34 bits per heavy atom. The minimum atomic E-state index is -4.60. The van der Waals surface area contributed by atoms with Crippen molar-refractivity contribution in [3.05, 3.63) is 47.0 Å². The minimum absolute atomic E-state index is 0.0754. The van der Waals surface area contributed by atoms with Gasteiger partial charge in [0.1, 0.15) is 23.8 Å². The van der Waals surface area contributed by atoms with Crippen molar-refractivity contribution in [2.75, 3.05) is 12.3 Å². The number of ether oxygens (including phenoxy) is 2. The predicted octanol–water partition coefficient (Wildman–Crippen LogP) is 1.77. The molecule has 3 N–H and O–H groups in total. The second-order valence-electron chi connectivity index (χ2n) is 8.40. The summed E-state index contributed by atoms with van der Waals surface area (Å²) in [6, 6.07) is 7.79. The number of rotatable bonds is 10. The van der Waals surface area contributed by atoms with Gasteiger partial charge in [-0.1, -0.05) is 24.1 Å². The predicted molar refractivity (Wildman–Crippen MR) is 130 cm³/mol. The number of nitrogens with zero attached hydrogens (tertiary/aromatic N) is 3. The Kier molecular flexibility index (Phi) is 9.24. The number of para-hydroxylation sites is 1. The Balaban J connectivity index is 1.86. The van der Waals surface area contributed by atoms with E-state index in [1.807, 2.05) is 0 Å². The number of halogens is 1. The summed E-state index contributed by atoms with van der Waals surface area (Å²) in [5.41, 5.74) is 1.55. The smallest absolute Gasteiger partial charge is 0.461 e. The first-order chi connectivity index (χ1) is 17.9. The SMILES string of the molecule is CC#CC1(F)[C@@H](O)[C@@H](COP(=O)(Oc2ccccc2)O[C@@H](C)C(=O)OC(C)C)O[C@H]1n1ncc(N)nc1=O. The Morgan fingerprint density at radius 2 is 2.03 bits per heavy atom. The Labute approximate surface area is 217 Å². The number of aliphatic hydroxyl groups excluding tert-OH is 1. The largest absolute Gasteiger partial charge is 0.530 e. The standard InChI is InChI=1S/C23H28FN4O9P/c1-5-11-23(24)19(29)17(35-21(23)28-22(31)27-18(25)12-26-28)13-33-38(32,37-16-9-7-6-8-10-16)36-15(4)20(30)34-14(2)3/h6-10,12,14-15,17,19,21,29H,13H2,1-4H3,(H2,25,27,31)/t15-,17+,19-,21+,23?,38?/m0/s1. The Morgan fingerprint density at radius 3 is 2.63 bits per heavy atom. The molecule has 0 aliphatic carbocycles. The first-order valence-electron chi connectivity index (χ1n) is 11.4. The van der Waals surface area contributed by atoms with E-state index in [9.17, 15) is 19.3 Å². The molecule has 1 aromatic heterocycles. The first-order valence-corrected chi connectivity index (χ1v) is 12.9. The molecule has 0 spiro atoms. The van der Waals surface area contributed by atoms with Crippen LogP contribution < -0.4 is 15.9 Å². The van der Waals surface area contributed by atoms with Crippen LogP contribution in [-0.4, -0.2) is 62.5 Å². The van der Waals surface area contributed by atoms with Crippen LogP contribution in [0.3, 0.4) is 0 Å².